The maximum Gasteiger partial charge on any atom is 0.254 e. The molecule has 0 aromatic heterocycles. The highest BCUT2D eigenvalue weighted by molar-refractivity contribution is 5.94. The zero-order valence-corrected chi connectivity index (χ0v) is 13.7. The summed E-state index contributed by atoms with van der Waals surface area (Å²) in [6.45, 7) is 3.74. The van der Waals surface area contributed by atoms with Crippen LogP contribution in [0.3, 0.4) is 0 Å². The second kappa shape index (κ2) is 7.29. The zero-order chi connectivity index (χ0) is 16.9. The van der Waals surface area contributed by atoms with E-state index in [1.54, 1.807) is 29.2 Å². The third-order valence-corrected chi connectivity index (χ3v) is 4.35. The van der Waals surface area contributed by atoms with Crippen LogP contribution >= 0.6 is 0 Å². The summed E-state index contributed by atoms with van der Waals surface area (Å²) < 4.78 is 5.85. The van der Waals surface area contributed by atoms with Crippen molar-refractivity contribution in [1.29, 1.82) is 5.26 Å². The Hall–Kier alpha value is -2.64. The van der Waals surface area contributed by atoms with E-state index in [1.165, 1.54) is 5.56 Å². The fourth-order valence-corrected chi connectivity index (χ4v) is 2.91. The number of benzene rings is 2. The Labute approximate surface area is 142 Å². The average molecular weight is 320 g/mol. The third-order valence-electron chi connectivity index (χ3n) is 4.35. The first-order valence-electron chi connectivity index (χ1n) is 8.21. The Morgan fingerprint density at radius 1 is 1.29 bits per heavy atom. The molecule has 2 aromatic rings. The van der Waals surface area contributed by atoms with E-state index < -0.39 is 0 Å². The molecular formula is C20H20N2O2. The van der Waals surface area contributed by atoms with Crippen molar-refractivity contribution in [1.82, 2.24) is 4.90 Å². The summed E-state index contributed by atoms with van der Waals surface area (Å²) in [5.74, 6) is -0.0504. The lowest BCUT2D eigenvalue weighted by molar-refractivity contribution is -0.0228. The minimum atomic E-state index is -0.104. The summed E-state index contributed by atoms with van der Waals surface area (Å²) >= 11 is 0. The highest BCUT2D eigenvalue weighted by Gasteiger charge is 2.26. The number of amides is 1. The van der Waals surface area contributed by atoms with E-state index in [4.69, 9.17) is 10.00 Å². The number of carbonyl (C=O) groups is 1. The molecular weight excluding hydrogens is 300 g/mol. The number of rotatable bonds is 3. The van der Waals surface area contributed by atoms with Crippen LogP contribution in [0.5, 0.6) is 0 Å². The van der Waals surface area contributed by atoms with Crippen molar-refractivity contribution in [3.63, 3.8) is 0 Å². The van der Waals surface area contributed by atoms with Crippen molar-refractivity contribution in [3.8, 4) is 6.07 Å². The number of carbonyl (C=O) groups excluding carboxylic acids is 1. The number of morpholine rings is 1. The summed E-state index contributed by atoms with van der Waals surface area (Å²) in [5, 5.41) is 8.99. The Morgan fingerprint density at radius 3 is 2.79 bits per heavy atom. The molecule has 2 aromatic carbocycles. The molecule has 1 aliphatic rings. The number of ether oxygens (including phenoxy) is 1. The largest absolute Gasteiger partial charge is 0.370 e. The van der Waals surface area contributed by atoms with E-state index in [0.29, 0.717) is 30.8 Å². The van der Waals surface area contributed by atoms with Crippen LogP contribution in [0.4, 0.5) is 0 Å². The first-order chi connectivity index (χ1) is 11.7. The van der Waals surface area contributed by atoms with Crippen LogP contribution in [0.2, 0.25) is 0 Å². The van der Waals surface area contributed by atoms with E-state index in [2.05, 4.69) is 37.3 Å². The summed E-state index contributed by atoms with van der Waals surface area (Å²) in [4.78, 5) is 14.5. The van der Waals surface area contributed by atoms with Crippen molar-refractivity contribution < 1.29 is 9.53 Å². The van der Waals surface area contributed by atoms with Crippen LogP contribution in [0.15, 0.2) is 48.5 Å². The molecule has 0 N–H and O–H groups in total. The van der Waals surface area contributed by atoms with Gasteiger partial charge >= 0.3 is 0 Å². The van der Waals surface area contributed by atoms with Gasteiger partial charge in [0.25, 0.3) is 5.91 Å². The van der Waals surface area contributed by atoms with E-state index in [9.17, 15) is 4.79 Å². The normalized spacial score (nSPS) is 17.3. The van der Waals surface area contributed by atoms with Gasteiger partial charge in [-0.25, -0.2) is 0 Å². The Morgan fingerprint density at radius 2 is 2.08 bits per heavy atom. The van der Waals surface area contributed by atoms with Crippen molar-refractivity contribution in [3.05, 3.63) is 70.8 Å². The minimum absolute atomic E-state index is 0.0504. The molecule has 1 aliphatic heterocycles. The van der Waals surface area contributed by atoms with Gasteiger partial charge in [-0.1, -0.05) is 37.3 Å². The van der Waals surface area contributed by atoms with Crippen LogP contribution in [0.1, 0.15) is 40.1 Å². The molecule has 1 fully saturated rings. The summed E-state index contributed by atoms with van der Waals surface area (Å²) in [6.07, 6.45) is 0.902. The van der Waals surface area contributed by atoms with Crippen molar-refractivity contribution >= 4 is 5.91 Å². The van der Waals surface area contributed by atoms with Gasteiger partial charge in [0.05, 0.1) is 24.8 Å². The monoisotopic (exact) mass is 320 g/mol. The zero-order valence-electron chi connectivity index (χ0n) is 13.7. The minimum Gasteiger partial charge on any atom is -0.370 e. The molecule has 0 aliphatic carbocycles. The van der Waals surface area contributed by atoms with Crippen LogP contribution in [0, 0.1) is 11.3 Å². The molecule has 122 valence electrons. The van der Waals surface area contributed by atoms with Crippen molar-refractivity contribution in [2.24, 2.45) is 0 Å². The quantitative estimate of drug-likeness (QED) is 0.871. The number of nitrogens with zero attached hydrogens (tertiary/aromatic N) is 2. The van der Waals surface area contributed by atoms with Gasteiger partial charge in [-0.2, -0.15) is 5.26 Å². The number of nitriles is 1. The van der Waals surface area contributed by atoms with Crippen LogP contribution in [-0.2, 0) is 11.2 Å². The lowest BCUT2D eigenvalue weighted by Gasteiger charge is -2.33. The summed E-state index contributed by atoms with van der Waals surface area (Å²) in [7, 11) is 0. The third kappa shape index (κ3) is 3.47. The maximum atomic E-state index is 12.7. The van der Waals surface area contributed by atoms with E-state index >= 15 is 0 Å². The topological polar surface area (TPSA) is 53.3 Å². The fourth-order valence-electron chi connectivity index (χ4n) is 2.91. The van der Waals surface area contributed by atoms with Crippen molar-refractivity contribution in [2.45, 2.75) is 19.4 Å². The van der Waals surface area contributed by atoms with E-state index in [1.807, 2.05) is 0 Å². The first-order valence-corrected chi connectivity index (χ1v) is 8.21. The first kappa shape index (κ1) is 16.2. The van der Waals surface area contributed by atoms with Crippen LogP contribution in [-0.4, -0.2) is 30.5 Å². The molecule has 0 bridgehead atoms. The molecule has 1 atom stereocenters. The maximum absolute atomic E-state index is 12.7. The molecule has 1 heterocycles. The Balaban J connectivity index is 1.74. The number of aryl methyl sites for hydroxylation is 1. The molecule has 1 amide bonds. The van der Waals surface area contributed by atoms with E-state index in [0.717, 1.165) is 12.0 Å². The molecule has 1 saturated heterocycles. The fraction of sp³-hybridized carbons (Fsp3) is 0.300. The number of hydrogen-bond acceptors (Lipinski definition) is 3. The molecule has 0 saturated carbocycles. The lowest BCUT2D eigenvalue weighted by atomic mass is 10.0. The number of hydrogen-bond donors (Lipinski definition) is 0. The van der Waals surface area contributed by atoms with E-state index in [-0.39, 0.29) is 12.0 Å². The summed E-state index contributed by atoms with van der Waals surface area (Å²) in [5.41, 5.74) is 3.43. The Bertz CT molecular complexity index is 762. The summed E-state index contributed by atoms with van der Waals surface area (Å²) in [6, 6.07) is 17.3. The van der Waals surface area contributed by atoms with Gasteiger partial charge in [-0.05, 0) is 35.7 Å². The standard InChI is InChI=1S/C20H20N2O2/c1-2-15-6-8-17(9-7-15)19-14-22(10-11-24-19)20(23)18-5-3-4-16(12-18)13-21/h3-9,12,19H,2,10-11,14H2,1H3. The van der Waals surface area contributed by atoms with Gasteiger partial charge in [-0.15, -0.1) is 0 Å². The van der Waals surface area contributed by atoms with Gasteiger partial charge in [0.15, 0.2) is 0 Å². The second-order valence-electron chi connectivity index (χ2n) is 5.90. The van der Waals surface area contributed by atoms with Gasteiger partial charge in [0, 0.05) is 12.1 Å². The smallest absolute Gasteiger partial charge is 0.254 e. The molecule has 0 spiro atoms. The SMILES string of the molecule is CCc1ccc(C2CN(C(=O)c3cccc(C#N)c3)CCO2)cc1. The van der Waals surface area contributed by atoms with Gasteiger partial charge in [0.1, 0.15) is 6.10 Å². The van der Waals surface area contributed by atoms with Gasteiger partial charge in [0.2, 0.25) is 0 Å². The van der Waals surface area contributed by atoms with Crippen LogP contribution in [0.25, 0.3) is 0 Å². The molecule has 3 rings (SSSR count). The van der Waals surface area contributed by atoms with Gasteiger partial charge < -0.3 is 9.64 Å². The highest BCUT2D eigenvalue weighted by Crippen LogP contribution is 2.24. The lowest BCUT2D eigenvalue weighted by Crippen LogP contribution is -2.42. The molecule has 1 unspecified atom stereocenters. The Kier molecular flexibility index (Phi) is 4.93. The highest BCUT2D eigenvalue weighted by atomic mass is 16.5. The van der Waals surface area contributed by atoms with Crippen LogP contribution < -0.4 is 0 Å². The van der Waals surface area contributed by atoms with Crippen molar-refractivity contribution in [2.75, 3.05) is 19.7 Å². The molecule has 0 radical (unpaired) electrons. The molecule has 4 nitrogen and oxygen atoms in total. The predicted octanol–water partition coefficient (Wildman–Crippen LogP) is 3.33. The molecule has 24 heavy (non-hydrogen) atoms. The molecule has 4 heteroatoms. The average Bonchev–Trinajstić information content (AvgIpc) is 2.67. The van der Waals surface area contributed by atoms with Gasteiger partial charge in [-0.3, -0.25) is 4.79 Å². The second-order valence-corrected chi connectivity index (χ2v) is 5.90. The predicted molar refractivity (Wildman–Crippen MR) is 91.6 cm³/mol.